The second-order valence-electron chi connectivity index (χ2n) is 8.40. The largest absolute Gasteiger partial charge is 0.496 e. The lowest BCUT2D eigenvalue weighted by molar-refractivity contribution is 0.383. The van der Waals surface area contributed by atoms with Gasteiger partial charge >= 0.3 is 0 Å². The Morgan fingerprint density at radius 1 is 0.828 bits per heavy atom. The van der Waals surface area contributed by atoms with Crippen LogP contribution < -0.4 is 10.0 Å². The number of hydrogen-bond donors (Lipinski definition) is 0. The van der Waals surface area contributed by atoms with Gasteiger partial charge in [0.25, 0.3) is 0 Å². The minimum Gasteiger partial charge on any atom is -0.496 e. The fourth-order valence-electron chi connectivity index (χ4n) is 3.30. The Hall–Kier alpha value is -1.68. The van der Waals surface area contributed by atoms with Crippen LogP contribution in [0.15, 0.2) is 12.1 Å². The number of hydrogen-bond acceptors (Lipinski definition) is 1. The Balaban J connectivity index is 2.76. The minimum absolute atomic E-state index is 0.269. The van der Waals surface area contributed by atoms with Crippen molar-refractivity contribution in [3.63, 3.8) is 0 Å². The summed E-state index contributed by atoms with van der Waals surface area (Å²) in [6.07, 6.45) is 0.411. The Labute approximate surface area is 170 Å². The highest BCUT2D eigenvalue weighted by Gasteiger charge is 2.36. The van der Waals surface area contributed by atoms with E-state index in [1.54, 1.807) is 6.92 Å². The highest BCUT2D eigenvalue weighted by Crippen LogP contribution is 2.50. The molecule has 0 aromatic heterocycles. The zero-order valence-corrected chi connectivity index (χ0v) is 18.7. The van der Waals surface area contributed by atoms with E-state index < -0.39 is 48.1 Å². The standard InChI is InChI=1S/C22H26F5OP/c1-8-22(6,29-20-17(26)15(24)14(23)16(25)18(20)27)13-10-11(2)9-12(19(13)28-7)21(3,4)5/h9-10,29H,8H2,1-7H3. The summed E-state index contributed by atoms with van der Waals surface area (Å²) in [5.41, 5.74) is 2.26. The third-order valence-corrected chi connectivity index (χ3v) is 7.02. The fourth-order valence-corrected chi connectivity index (χ4v) is 4.78. The average molecular weight is 432 g/mol. The summed E-state index contributed by atoms with van der Waals surface area (Å²) in [6, 6.07) is 3.84. The van der Waals surface area contributed by atoms with E-state index in [2.05, 4.69) is 0 Å². The van der Waals surface area contributed by atoms with Crippen molar-refractivity contribution in [1.82, 2.24) is 0 Å². The van der Waals surface area contributed by atoms with Crippen molar-refractivity contribution in [2.24, 2.45) is 0 Å². The van der Waals surface area contributed by atoms with E-state index in [1.807, 2.05) is 46.8 Å². The molecule has 2 unspecified atom stereocenters. The van der Waals surface area contributed by atoms with Gasteiger partial charge in [-0.1, -0.05) is 60.9 Å². The number of aryl methyl sites for hydroxylation is 1. The predicted octanol–water partition coefficient (Wildman–Crippen LogP) is 6.63. The first-order valence-electron chi connectivity index (χ1n) is 9.27. The molecule has 0 fully saturated rings. The molecular weight excluding hydrogens is 406 g/mol. The maximum absolute atomic E-state index is 14.4. The molecule has 1 nitrogen and oxygen atoms in total. The van der Waals surface area contributed by atoms with Crippen LogP contribution in [0.3, 0.4) is 0 Å². The van der Waals surface area contributed by atoms with Crippen LogP contribution in [-0.2, 0) is 10.6 Å². The first kappa shape index (κ1) is 23.6. The maximum atomic E-state index is 14.4. The van der Waals surface area contributed by atoms with E-state index in [1.165, 1.54) is 7.11 Å². The van der Waals surface area contributed by atoms with E-state index >= 15 is 0 Å². The monoisotopic (exact) mass is 432 g/mol. The second kappa shape index (κ2) is 8.22. The van der Waals surface area contributed by atoms with Gasteiger partial charge in [-0.3, -0.25) is 0 Å². The molecule has 160 valence electrons. The molecule has 0 saturated heterocycles. The fraction of sp³-hybridized carbons (Fsp3) is 0.455. The zero-order valence-electron chi connectivity index (χ0n) is 17.7. The molecule has 2 rings (SSSR count). The maximum Gasteiger partial charge on any atom is 0.200 e. The second-order valence-corrected chi connectivity index (χ2v) is 10.3. The van der Waals surface area contributed by atoms with E-state index in [0.717, 1.165) is 11.1 Å². The molecule has 0 bridgehead atoms. The Morgan fingerprint density at radius 2 is 1.28 bits per heavy atom. The van der Waals surface area contributed by atoms with Gasteiger partial charge in [0, 0.05) is 16.3 Å². The lowest BCUT2D eigenvalue weighted by Crippen LogP contribution is -2.26. The van der Waals surface area contributed by atoms with Gasteiger partial charge < -0.3 is 4.74 Å². The van der Waals surface area contributed by atoms with Crippen molar-refractivity contribution in [2.75, 3.05) is 7.11 Å². The summed E-state index contributed by atoms with van der Waals surface area (Å²) < 4.78 is 75.3. The Morgan fingerprint density at radius 3 is 1.69 bits per heavy atom. The van der Waals surface area contributed by atoms with Crippen LogP contribution in [0.5, 0.6) is 5.75 Å². The van der Waals surface area contributed by atoms with Crippen LogP contribution in [0.2, 0.25) is 0 Å². The number of rotatable bonds is 5. The van der Waals surface area contributed by atoms with E-state index in [9.17, 15) is 22.0 Å². The molecule has 0 saturated carbocycles. The third kappa shape index (κ3) is 4.28. The van der Waals surface area contributed by atoms with Crippen LogP contribution in [0.25, 0.3) is 0 Å². The van der Waals surface area contributed by atoms with Crippen LogP contribution >= 0.6 is 8.58 Å². The molecule has 0 aliphatic carbocycles. The molecular formula is C22H26F5OP. The first-order chi connectivity index (χ1) is 13.3. The van der Waals surface area contributed by atoms with Gasteiger partial charge in [-0.2, -0.15) is 0 Å². The molecule has 0 heterocycles. The smallest absolute Gasteiger partial charge is 0.200 e. The zero-order chi connectivity index (χ0) is 22.3. The summed E-state index contributed by atoms with van der Waals surface area (Å²) >= 11 is 0. The highest BCUT2D eigenvalue weighted by atomic mass is 31.1. The molecule has 2 aromatic rings. The van der Waals surface area contributed by atoms with Crippen LogP contribution in [0.4, 0.5) is 22.0 Å². The summed E-state index contributed by atoms with van der Waals surface area (Å²) in [7, 11) is 0.827. The van der Waals surface area contributed by atoms with E-state index in [0.29, 0.717) is 17.7 Å². The van der Waals surface area contributed by atoms with Gasteiger partial charge in [-0.25, -0.2) is 22.0 Å². The number of ether oxygens (including phenoxy) is 1. The van der Waals surface area contributed by atoms with Crippen LogP contribution in [-0.4, -0.2) is 7.11 Å². The quantitative estimate of drug-likeness (QED) is 0.223. The van der Waals surface area contributed by atoms with Gasteiger partial charge in [-0.15, -0.1) is 0 Å². The van der Waals surface area contributed by atoms with Crippen molar-refractivity contribution in [3.05, 3.63) is 57.9 Å². The average Bonchev–Trinajstić information content (AvgIpc) is 2.66. The van der Waals surface area contributed by atoms with Crippen LogP contribution in [0.1, 0.15) is 57.7 Å². The lowest BCUT2D eigenvalue weighted by Gasteiger charge is -2.34. The summed E-state index contributed by atoms with van der Waals surface area (Å²) in [6.45, 7) is 11.5. The number of halogens is 5. The van der Waals surface area contributed by atoms with Crippen molar-refractivity contribution in [1.29, 1.82) is 0 Å². The van der Waals surface area contributed by atoms with Crippen LogP contribution in [0, 0.1) is 36.0 Å². The Bertz CT molecular complexity index is 907. The van der Waals surface area contributed by atoms with Crippen molar-refractivity contribution in [2.45, 2.75) is 58.5 Å². The third-order valence-electron chi connectivity index (χ3n) is 5.16. The summed E-state index contributed by atoms with van der Waals surface area (Å²) in [5, 5.41) is -1.68. The van der Waals surface area contributed by atoms with Gasteiger partial charge in [0.1, 0.15) is 5.75 Å². The van der Waals surface area contributed by atoms with Crippen molar-refractivity contribution in [3.8, 4) is 5.75 Å². The molecule has 0 amide bonds. The molecule has 29 heavy (non-hydrogen) atoms. The summed E-state index contributed by atoms with van der Waals surface area (Å²) in [5.74, 6) is -8.96. The molecule has 0 aliphatic heterocycles. The highest BCUT2D eigenvalue weighted by molar-refractivity contribution is 7.48. The number of benzene rings is 2. The topological polar surface area (TPSA) is 9.23 Å². The molecule has 7 heteroatoms. The minimum atomic E-state index is -2.14. The lowest BCUT2D eigenvalue weighted by atomic mass is 9.81. The van der Waals surface area contributed by atoms with Gasteiger partial charge in [0.2, 0.25) is 5.82 Å². The molecule has 2 aromatic carbocycles. The molecule has 0 radical (unpaired) electrons. The normalized spacial score (nSPS) is 14.5. The molecule has 0 N–H and O–H groups in total. The van der Waals surface area contributed by atoms with E-state index in [4.69, 9.17) is 4.74 Å². The first-order valence-corrected chi connectivity index (χ1v) is 10.3. The Kier molecular flexibility index (Phi) is 6.69. The SMILES string of the molecule is CCC(C)(Pc1c(F)c(F)c(F)c(F)c1F)c1cc(C)cc(C(C)(C)C)c1OC. The van der Waals surface area contributed by atoms with Gasteiger partial charge in [0.15, 0.2) is 23.3 Å². The number of methoxy groups -OCH3 is 1. The molecule has 2 atom stereocenters. The molecule has 0 spiro atoms. The van der Waals surface area contributed by atoms with Gasteiger partial charge in [0.05, 0.1) is 12.4 Å². The molecule has 0 aliphatic rings. The van der Waals surface area contributed by atoms with E-state index in [-0.39, 0.29) is 5.41 Å². The van der Waals surface area contributed by atoms with Crippen molar-refractivity contribution >= 4 is 13.9 Å². The predicted molar refractivity (Wildman–Crippen MR) is 108 cm³/mol. The van der Waals surface area contributed by atoms with Crippen molar-refractivity contribution < 1.29 is 26.7 Å². The summed E-state index contributed by atoms with van der Waals surface area (Å²) in [4.78, 5) is 0. The van der Waals surface area contributed by atoms with Gasteiger partial charge in [-0.05, 0) is 18.8 Å².